The molecule has 0 amide bonds. The van der Waals surface area contributed by atoms with E-state index >= 15 is 0 Å². The second kappa shape index (κ2) is 7.88. The van der Waals surface area contributed by atoms with Gasteiger partial charge in [-0.3, -0.25) is 0 Å². The number of imidazole rings is 1. The summed E-state index contributed by atoms with van der Waals surface area (Å²) in [5.41, 5.74) is 7.54. The van der Waals surface area contributed by atoms with Crippen LogP contribution in [-0.2, 0) is 12.8 Å². The van der Waals surface area contributed by atoms with Crippen molar-refractivity contribution in [1.82, 2.24) is 4.57 Å². The fourth-order valence-corrected chi connectivity index (χ4v) is 4.09. The van der Waals surface area contributed by atoms with Gasteiger partial charge in [0.25, 0.3) is 5.82 Å². The van der Waals surface area contributed by atoms with E-state index in [0.29, 0.717) is 0 Å². The summed E-state index contributed by atoms with van der Waals surface area (Å²) in [5.74, 6) is 2.18. The normalized spacial score (nSPS) is 11.9. The van der Waals surface area contributed by atoms with Gasteiger partial charge in [-0.15, -0.1) is 0 Å². The largest absolute Gasteiger partial charge is 1.00 e. The van der Waals surface area contributed by atoms with Crippen LogP contribution in [0, 0.1) is 6.92 Å². The number of hydrogen-bond acceptors (Lipinski definition) is 1. The average molecular weight is 447 g/mol. The Morgan fingerprint density at radius 1 is 0.862 bits per heavy atom. The van der Waals surface area contributed by atoms with Crippen LogP contribution < -0.4 is 26.3 Å². The molecule has 0 atom stereocenters. The van der Waals surface area contributed by atoms with Crippen LogP contribution in [0.1, 0.15) is 17.0 Å². The molecule has 1 aromatic heterocycles. The number of methoxy groups -OCH3 is 1. The summed E-state index contributed by atoms with van der Waals surface area (Å²) in [6, 6.07) is 25.8. The molecule has 4 aromatic rings. The molecule has 0 radical (unpaired) electrons. The summed E-state index contributed by atoms with van der Waals surface area (Å²) in [7, 11) is 1.71. The Labute approximate surface area is 182 Å². The Hall–Kier alpha value is -2.85. The Bertz CT molecular complexity index is 1140. The molecule has 146 valence electrons. The average Bonchev–Trinajstić information content (AvgIpc) is 3.14. The number of nitrogens with zero attached hydrogens (tertiary/aromatic N) is 2. The fraction of sp³-hybridized carbons (Fsp3) is 0.160. The van der Waals surface area contributed by atoms with E-state index in [-0.39, 0.29) is 17.0 Å². The van der Waals surface area contributed by atoms with E-state index in [2.05, 4.69) is 82.9 Å². The van der Waals surface area contributed by atoms with Crippen LogP contribution in [0.3, 0.4) is 0 Å². The minimum atomic E-state index is 0. The fourth-order valence-electron chi connectivity index (χ4n) is 4.09. The van der Waals surface area contributed by atoms with Crippen LogP contribution in [0.5, 0.6) is 5.75 Å². The van der Waals surface area contributed by atoms with Crippen LogP contribution in [-0.4, -0.2) is 11.7 Å². The molecular formula is C25H23BrN2O. The zero-order valence-electron chi connectivity index (χ0n) is 16.6. The molecule has 1 aliphatic heterocycles. The van der Waals surface area contributed by atoms with Gasteiger partial charge in [0.2, 0.25) is 0 Å². The first kappa shape index (κ1) is 19.5. The summed E-state index contributed by atoms with van der Waals surface area (Å²) in [5, 5.41) is 0. The Kier molecular flexibility index (Phi) is 5.29. The number of halogens is 1. The number of benzene rings is 3. The zero-order valence-corrected chi connectivity index (χ0v) is 18.2. The topological polar surface area (TPSA) is 18.0 Å². The van der Waals surface area contributed by atoms with Crippen molar-refractivity contribution in [3.05, 3.63) is 95.9 Å². The van der Waals surface area contributed by atoms with Crippen LogP contribution in [0.2, 0.25) is 0 Å². The van der Waals surface area contributed by atoms with Gasteiger partial charge >= 0.3 is 0 Å². The number of aromatic nitrogens is 2. The SMILES string of the molecule is COc1ccc(-n2c(-c3ccc(C)cc3)c[n+]3c2CCc2ccccc2-3)cc1.[Br-]. The molecule has 4 heteroatoms. The molecule has 0 saturated carbocycles. The maximum atomic E-state index is 5.36. The second-order valence-corrected chi connectivity index (χ2v) is 7.33. The highest BCUT2D eigenvalue weighted by molar-refractivity contribution is 5.63. The van der Waals surface area contributed by atoms with E-state index in [0.717, 1.165) is 24.3 Å². The monoisotopic (exact) mass is 446 g/mol. The summed E-state index contributed by atoms with van der Waals surface area (Å²) in [6.45, 7) is 2.13. The van der Waals surface area contributed by atoms with Crippen molar-refractivity contribution in [2.24, 2.45) is 0 Å². The summed E-state index contributed by atoms with van der Waals surface area (Å²) in [6.07, 6.45) is 4.35. The number of aryl methyl sites for hydroxylation is 2. The third-order valence-corrected chi connectivity index (χ3v) is 5.58. The van der Waals surface area contributed by atoms with E-state index in [4.69, 9.17) is 4.74 Å². The molecule has 3 aromatic carbocycles. The third kappa shape index (κ3) is 3.38. The first-order valence-corrected chi connectivity index (χ1v) is 9.70. The number of para-hydroxylation sites is 1. The molecule has 5 rings (SSSR count). The van der Waals surface area contributed by atoms with Crippen molar-refractivity contribution in [2.75, 3.05) is 7.11 Å². The lowest BCUT2D eigenvalue weighted by molar-refractivity contribution is -0.606. The molecule has 0 unspecified atom stereocenters. The van der Waals surface area contributed by atoms with Gasteiger partial charge in [-0.1, -0.05) is 48.0 Å². The molecule has 0 bridgehead atoms. The Balaban J connectivity index is 0.00000205. The van der Waals surface area contributed by atoms with E-state index in [9.17, 15) is 0 Å². The van der Waals surface area contributed by atoms with Gasteiger partial charge in [-0.05, 0) is 49.2 Å². The minimum Gasteiger partial charge on any atom is -1.00 e. The van der Waals surface area contributed by atoms with Crippen molar-refractivity contribution in [2.45, 2.75) is 19.8 Å². The second-order valence-electron chi connectivity index (χ2n) is 7.33. The molecule has 0 fully saturated rings. The van der Waals surface area contributed by atoms with Gasteiger partial charge in [0.15, 0.2) is 5.69 Å². The lowest BCUT2D eigenvalue weighted by Gasteiger charge is -2.14. The van der Waals surface area contributed by atoms with E-state index in [1.165, 1.54) is 33.9 Å². The van der Waals surface area contributed by atoms with Gasteiger partial charge < -0.3 is 21.7 Å². The lowest BCUT2D eigenvalue weighted by atomic mass is 10.0. The molecule has 0 saturated heterocycles. The Morgan fingerprint density at radius 3 is 2.31 bits per heavy atom. The van der Waals surface area contributed by atoms with Gasteiger partial charge in [-0.2, -0.15) is 9.13 Å². The van der Waals surface area contributed by atoms with Gasteiger partial charge in [0, 0.05) is 5.56 Å². The summed E-state index contributed by atoms with van der Waals surface area (Å²) >= 11 is 0. The molecule has 29 heavy (non-hydrogen) atoms. The molecule has 2 heterocycles. The molecule has 0 aliphatic carbocycles. The van der Waals surface area contributed by atoms with E-state index in [1.807, 2.05) is 12.1 Å². The minimum absolute atomic E-state index is 0. The smallest absolute Gasteiger partial charge is 0.267 e. The first-order chi connectivity index (χ1) is 13.7. The van der Waals surface area contributed by atoms with Crippen LogP contribution in [0.15, 0.2) is 79.0 Å². The van der Waals surface area contributed by atoms with E-state index in [1.54, 1.807) is 7.11 Å². The van der Waals surface area contributed by atoms with Gasteiger partial charge in [0.1, 0.15) is 23.3 Å². The Morgan fingerprint density at radius 2 is 1.59 bits per heavy atom. The maximum absolute atomic E-state index is 5.36. The molecule has 0 spiro atoms. The van der Waals surface area contributed by atoms with Crippen molar-refractivity contribution >= 4 is 0 Å². The van der Waals surface area contributed by atoms with E-state index < -0.39 is 0 Å². The predicted molar refractivity (Wildman–Crippen MR) is 111 cm³/mol. The molecule has 3 nitrogen and oxygen atoms in total. The number of fused-ring (bicyclic) bond motifs is 3. The highest BCUT2D eigenvalue weighted by Gasteiger charge is 2.31. The number of rotatable bonds is 3. The van der Waals surface area contributed by atoms with Crippen LogP contribution in [0.4, 0.5) is 0 Å². The van der Waals surface area contributed by atoms with Gasteiger partial charge in [-0.25, -0.2) is 0 Å². The summed E-state index contributed by atoms with van der Waals surface area (Å²) in [4.78, 5) is 0. The van der Waals surface area contributed by atoms with Crippen molar-refractivity contribution in [1.29, 1.82) is 0 Å². The van der Waals surface area contributed by atoms with Crippen molar-refractivity contribution in [3.63, 3.8) is 0 Å². The van der Waals surface area contributed by atoms with Crippen molar-refractivity contribution < 1.29 is 26.3 Å². The lowest BCUT2D eigenvalue weighted by Crippen LogP contribution is -3.00. The maximum Gasteiger partial charge on any atom is 0.267 e. The van der Waals surface area contributed by atoms with Gasteiger partial charge in [0.05, 0.1) is 13.5 Å². The molecular weight excluding hydrogens is 424 g/mol. The number of hydrogen-bond donors (Lipinski definition) is 0. The highest BCUT2D eigenvalue weighted by Crippen LogP contribution is 2.29. The van der Waals surface area contributed by atoms with Crippen LogP contribution >= 0.6 is 0 Å². The zero-order chi connectivity index (χ0) is 19.1. The molecule has 1 aliphatic rings. The predicted octanol–water partition coefficient (Wildman–Crippen LogP) is 1.84. The third-order valence-electron chi connectivity index (χ3n) is 5.58. The quantitative estimate of drug-likeness (QED) is 0.439. The first-order valence-electron chi connectivity index (χ1n) is 9.70. The van der Waals surface area contributed by atoms with Crippen molar-refractivity contribution in [3.8, 4) is 28.4 Å². The standard InChI is InChI=1S/C25H23N2O.BrH/c1-18-7-9-20(10-8-18)24-17-26-23-6-4-3-5-19(23)11-16-25(26)27(24)21-12-14-22(28-2)15-13-21;/h3-10,12-15,17H,11,16H2,1-2H3;1H/q+1;/p-1. The number of ether oxygens (including phenoxy) is 1. The molecule has 0 N–H and O–H groups in total. The highest BCUT2D eigenvalue weighted by atomic mass is 79.9. The summed E-state index contributed by atoms with van der Waals surface area (Å²) < 4.78 is 10.1. The van der Waals surface area contributed by atoms with Crippen LogP contribution in [0.25, 0.3) is 22.6 Å².